The summed E-state index contributed by atoms with van der Waals surface area (Å²) in [6.07, 6.45) is 4.06. The van der Waals surface area contributed by atoms with Crippen LogP contribution in [0.4, 0.5) is 0 Å². The van der Waals surface area contributed by atoms with Crippen molar-refractivity contribution in [3.05, 3.63) is 45.0 Å². The van der Waals surface area contributed by atoms with Crippen LogP contribution in [0, 0.1) is 0 Å². The molecule has 2 aliphatic rings. The minimum atomic E-state index is -0.311. The van der Waals surface area contributed by atoms with E-state index < -0.39 is 0 Å². The Hall–Kier alpha value is -0.810. The molecule has 0 amide bonds. The van der Waals surface area contributed by atoms with Crippen LogP contribution in [0.1, 0.15) is 42.5 Å². The normalized spacial score (nSPS) is 23.8. The van der Waals surface area contributed by atoms with Crippen molar-refractivity contribution in [2.75, 3.05) is 0 Å². The van der Waals surface area contributed by atoms with Gasteiger partial charge in [0.25, 0.3) is 0 Å². The lowest BCUT2D eigenvalue weighted by Crippen LogP contribution is -2.23. The van der Waals surface area contributed by atoms with E-state index in [4.69, 9.17) is 28.9 Å². The average Bonchev–Trinajstić information content (AvgIpc) is 2.82. The SMILES string of the molecule is NC1SC2CCCCC2=C1C(=O)CC(=O)c1ccc(Cl)cc1Cl. The molecule has 0 aromatic heterocycles. The fourth-order valence-corrected chi connectivity index (χ4v) is 5.25. The van der Waals surface area contributed by atoms with Gasteiger partial charge in [-0.25, -0.2) is 0 Å². The quantitative estimate of drug-likeness (QED) is 0.630. The molecule has 0 saturated heterocycles. The Morgan fingerprint density at radius 1 is 1.22 bits per heavy atom. The molecular formula is C17H17Cl2NO2S. The largest absolute Gasteiger partial charge is 0.316 e. The highest BCUT2D eigenvalue weighted by Crippen LogP contribution is 2.44. The number of hydrogen-bond donors (Lipinski definition) is 1. The molecule has 1 saturated carbocycles. The molecule has 1 aliphatic heterocycles. The maximum Gasteiger partial charge on any atom is 0.172 e. The van der Waals surface area contributed by atoms with Crippen molar-refractivity contribution < 1.29 is 9.59 Å². The van der Waals surface area contributed by atoms with Crippen molar-refractivity contribution in [3.8, 4) is 0 Å². The first-order chi connectivity index (χ1) is 11.0. The monoisotopic (exact) mass is 369 g/mol. The van der Waals surface area contributed by atoms with Crippen LogP contribution in [0.2, 0.25) is 10.0 Å². The minimum absolute atomic E-state index is 0.166. The summed E-state index contributed by atoms with van der Waals surface area (Å²) in [5, 5.41) is 0.775. The second-order valence-corrected chi connectivity index (χ2v) is 8.07. The Bertz CT molecular complexity index is 702. The van der Waals surface area contributed by atoms with E-state index in [9.17, 15) is 9.59 Å². The molecule has 2 atom stereocenters. The van der Waals surface area contributed by atoms with Gasteiger partial charge in [0.15, 0.2) is 11.6 Å². The van der Waals surface area contributed by atoms with Crippen molar-refractivity contribution >= 4 is 46.5 Å². The standard InChI is InChI=1S/C17H17Cl2NO2S/c18-9-5-6-10(12(19)7-9)13(21)8-14(22)16-11-3-1-2-4-15(11)23-17(16)20/h5-7,15,17H,1-4,8,20H2. The maximum absolute atomic E-state index is 12.6. The third-order valence-electron chi connectivity index (χ3n) is 4.35. The van der Waals surface area contributed by atoms with E-state index in [0.29, 0.717) is 21.4 Å². The van der Waals surface area contributed by atoms with Gasteiger partial charge in [-0.2, -0.15) is 0 Å². The molecule has 1 fully saturated rings. The van der Waals surface area contributed by atoms with E-state index in [1.165, 1.54) is 12.5 Å². The lowest BCUT2D eigenvalue weighted by atomic mass is 9.88. The van der Waals surface area contributed by atoms with Crippen molar-refractivity contribution in [1.29, 1.82) is 0 Å². The van der Waals surface area contributed by atoms with Crippen molar-refractivity contribution in [1.82, 2.24) is 0 Å². The average molecular weight is 370 g/mol. The van der Waals surface area contributed by atoms with E-state index in [1.54, 1.807) is 23.9 Å². The van der Waals surface area contributed by atoms with E-state index in [-0.39, 0.29) is 28.4 Å². The second kappa shape index (κ2) is 6.98. The zero-order valence-corrected chi connectivity index (χ0v) is 14.8. The molecular weight excluding hydrogens is 353 g/mol. The Kier molecular flexibility index (Phi) is 5.16. The third kappa shape index (κ3) is 3.50. The Morgan fingerprint density at radius 3 is 2.74 bits per heavy atom. The highest BCUT2D eigenvalue weighted by Gasteiger charge is 2.37. The van der Waals surface area contributed by atoms with Gasteiger partial charge in [-0.3, -0.25) is 9.59 Å². The van der Waals surface area contributed by atoms with Gasteiger partial charge in [-0.05, 0) is 43.0 Å². The first-order valence-corrected chi connectivity index (χ1v) is 9.32. The van der Waals surface area contributed by atoms with Gasteiger partial charge in [0.2, 0.25) is 0 Å². The highest BCUT2D eigenvalue weighted by atomic mass is 35.5. The van der Waals surface area contributed by atoms with Gasteiger partial charge in [-0.1, -0.05) is 29.6 Å². The maximum atomic E-state index is 12.6. The van der Waals surface area contributed by atoms with Crippen LogP contribution in [-0.2, 0) is 4.79 Å². The summed E-state index contributed by atoms with van der Waals surface area (Å²) >= 11 is 13.5. The van der Waals surface area contributed by atoms with Crippen LogP contribution < -0.4 is 5.73 Å². The summed E-state index contributed by atoms with van der Waals surface area (Å²) < 4.78 is 0. The summed E-state index contributed by atoms with van der Waals surface area (Å²) in [6, 6.07) is 4.67. The van der Waals surface area contributed by atoms with E-state index in [2.05, 4.69) is 0 Å². The van der Waals surface area contributed by atoms with Crippen molar-refractivity contribution in [2.45, 2.75) is 42.7 Å². The van der Waals surface area contributed by atoms with Crippen LogP contribution in [-0.4, -0.2) is 22.2 Å². The number of benzene rings is 1. The number of nitrogens with two attached hydrogens (primary N) is 1. The zero-order valence-electron chi connectivity index (χ0n) is 12.5. The highest BCUT2D eigenvalue weighted by molar-refractivity contribution is 8.01. The molecule has 0 radical (unpaired) electrons. The minimum Gasteiger partial charge on any atom is -0.316 e. The molecule has 0 bridgehead atoms. The summed E-state index contributed by atoms with van der Waals surface area (Å²) in [5.74, 6) is -0.457. The van der Waals surface area contributed by atoms with Gasteiger partial charge in [0.05, 0.1) is 16.8 Å². The second-order valence-electron chi connectivity index (χ2n) is 5.88. The predicted molar refractivity (Wildman–Crippen MR) is 95.3 cm³/mol. The van der Waals surface area contributed by atoms with E-state index in [0.717, 1.165) is 24.8 Å². The predicted octanol–water partition coefficient (Wildman–Crippen LogP) is 4.41. The van der Waals surface area contributed by atoms with Gasteiger partial charge in [0, 0.05) is 21.4 Å². The molecule has 3 nitrogen and oxygen atoms in total. The lowest BCUT2D eigenvalue weighted by molar-refractivity contribution is -0.114. The van der Waals surface area contributed by atoms with Crippen LogP contribution >= 0.6 is 35.0 Å². The van der Waals surface area contributed by atoms with E-state index in [1.807, 2.05) is 0 Å². The molecule has 1 heterocycles. The van der Waals surface area contributed by atoms with Crippen molar-refractivity contribution in [2.24, 2.45) is 5.73 Å². The zero-order chi connectivity index (χ0) is 16.6. The molecule has 1 aliphatic carbocycles. The van der Waals surface area contributed by atoms with E-state index >= 15 is 0 Å². The first-order valence-electron chi connectivity index (χ1n) is 7.63. The topological polar surface area (TPSA) is 60.2 Å². The number of fused-ring (bicyclic) bond motifs is 1. The van der Waals surface area contributed by atoms with Crippen LogP contribution in [0.3, 0.4) is 0 Å². The Labute approximate surface area is 149 Å². The summed E-state index contributed by atoms with van der Waals surface area (Å²) in [7, 11) is 0. The first kappa shape index (κ1) is 17.0. The molecule has 2 unspecified atom stereocenters. The van der Waals surface area contributed by atoms with Crippen LogP contribution in [0.5, 0.6) is 0 Å². The molecule has 122 valence electrons. The molecule has 0 spiro atoms. The molecule has 1 aromatic rings. The van der Waals surface area contributed by atoms with Gasteiger partial charge in [0.1, 0.15) is 0 Å². The number of thioether (sulfide) groups is 1. The summed E-state index contributed by atoms with van der Waals surface area (Å²) in [5.41, 5.74) is 8.29. The van der Waals surface area contributed by atoms with Gasteiger partial charge < -0.3 is 5.73 Å². The number of carbonyl (C=O) groups is 2. The molecule has 3 rings (SSSR count). The van der Waals surface area contributed by atoms with Crippen LogP contribution in [0.25, 0.3) is 0 Å². The summed E-state index contributed by atoms with van der Waals surface area (Å²) in [6.45, 7) is 0. The number of hydrogen-bond acceptors (Lipinski definition) is 4. The smallest absolute Gasteiger partial charge is 0.172 e. The fourth-order valence-electron chi connectivity index (χ4n) is 3.26. The van der Waals surface area contributed by atoms with Crippen LogP contribution in [0.15, 0.2) is 29.3 Å². The third-order valence-corrected chi connectivity index (χ3v) is 6.27. The lowest BCUT2D eigenvalue weighted by Gasteiger charge is -2.19. The number of halogens is 2. The van der Waals surface area contributed by atoms with Gasteiger partial charge in [-0.15, -0.1) is 11.8 Å². The molecule has 2 N–H and O–H groups in total. The van der Waals surface area contributed by atoms with Gasteiger partial charge >= 0.3 is 0 Å². The fraction of sp³-hybridized carbons (Fsp3) is 0.412. The molecule has 6 heteroatoms. The summed E-state index contributed by atoms with van der Waals surface area (Å²) in [4.78, 5) is 25.0. The Morgan fingerprint density at radius 2 is 2.00 bits per heavy atom. The number of rotatable bonds is 4. The van der Waals surface area contributed by atoms with Crippen molar-refractivity contribution in [3.63, 3.8) is 0 Å². The number of carbonyl (C=O) groups excluding carboxylic acids is 2. The molecule has 23 heavy (non-hydrogen) atoms. The molecule has 1 aromatic carbocycles. The number of ketones is 2. The number of Topliss-reactive ketones (excluding diaryl/α,β-unsaturated/α-hetero) is 2. The Balaban J connectivity index is 1.79.